The quantitative estimate of drug-likeness (QED) is 0.0333. The molecule has 11 atom stereocenters. The lowest BCUT2D eigenvalue weighted by Crippen LogP contribution is -2.62. The maximum Gasteiger partial charge on any atom is 0.410 e. The molecule has 7 heterocycles. The predicted octanol–water partition coefficient (Wildman–Crippen LogP) is 8.27. The van der Waals surface area contributed by atoms with E-state index in [0.29, 0.717) is 28.0 Å². The smallest absolute Gasteiger partial charge is 0.410 e. The second kappa shape index (κ2) is 40.1. The second-order valence-electron chi connectivity index (χ2n) is 35.9. The van der Waals surface area contributed by atoms with Gasteiger partial charge in [-0.15, -0.1) is 10.2 Å². The van der Waals surface area contributed by atoms with Crippen LogP contribution in [0.1, 0.15) is 163 Å². The number of carbonyl (C=O) groups excluding carboxylic acids is 11. The normalized spacial score (nSPS) is 19.4. The standard InChI is InChI=1S/C91H116N16O18/c1-19-41-105(83(115)74(89(7,8)9)97-76(109)54(3)103(17)87(120)125-91(13,14)15)81-80(113)93-68(48-58-29-35-60-25-21-23-27-62(60)44-58)77(110)94-69(84(116)117)45-55-30-36-65(37-31-55)122-51-63-49-106(100-98-63)71-40-42-104(82(114)73(88(4,5)6)96-75(108)53(2)102(16)86(119)124-90(10,11)12)72(71)79(112)92-67(47-57-28-34-59-24-20-22-26-61(59)43-57)78(111)95-70(85(118)121-18)46-56-32-38-66(39-33-56)123-52-64-50-107(81)101-99-64/h20-39,43-44,49-50,53-54,67-74,81H,19,40-42,45-48,51-52H2,1-18H3,(H,92,112)(H,93,113)(H,94,110)(H,95,111)(H,96,108)(H,97,109)(H,116,117)/t53-,54-,67-,68-,69-,70-,71?,72-,73+,74+,81-/m0/s1. The van der Waals surface area contributed by atoms with Crippen molar-refractivity contribution in [2.75, 3.05) is 34.3 Å². The number of methoxy groups -OCH3 is 1. The van der Waals surface area contributed by atoms with Crippen LogP contribution in [0.15, 0.2) is 146 Å². The van der Waals surface area contributed by atoms with E-state index < -0.39 is 160 Å². The average Bonchev–Trinajstić information content (AvgIpc) is 1.76. The molecule has 34 nitrogen and oxygen atoms in total. The SMILES string of the molecule is CCCN(C(=O)[C@@H](NC(=O)[C@H](C)N(C)C(=O)OC(C)(C)C)C(C)(C)C)[C@@H]1C(=O)N[C@@H](Cc2ccc3ccccc3c2)C(=O)N[C@H](C(=O)O)Cc2ccc(cc2)OCc2cn(nn2)C2CCN(C(=O)[C@@H](NC(=O)[C@H](C)N(C)C(=O)OC(C)(C)C)C(C)(C)C)[C@@H]2C(=O)N[C@@H](Cc2ccc3ccccc3c2)C(=O)N[C@H](C(=O)OC)Cc2ccc(cc2)OCc2cn1nn2. The number of carboxylic acid groups (broad SMARTS) is 1. The van der Waals surface area contributed by atoms with Crippen LogP contribution in [0, 0.1) is 10.8 Å². The summed E-state index contributed by atoms with van der Waals surface area (Å²) in [6, 6.07) is 25.4. The molecule has 0 radical (unpaired) electrons. The topological polar surface area (TPSA) is 418 Å². The molecule has 5 aliphatic rings. The summed E-state index contributed by atoms with van der Waals surface area (Å²) in [4.78, 5) is 181. The molecule has 13 rings (SSSR count). The third kappa shape index (κ3) is 24.7. The van der Waals surface area contributed by atoms with Crippen molar-refractivity contribution in [2.45, 2.75) is 233 Å². The number of nitrogens with zero attached hydrogens (tertiary/aromatic N) is 10. The summed E-state index contributed by atoms with van der Waals surface area (Å²) in [5, 5.41) is 49.2. The van der Waals surface area contributed by atoms with E-state index in [-0.39, 0.29) is 82.0 Å². The Morgan fingerprint density at radius 1 is 0.552 bits per heavy atom. The number of carboxylic acids is 1. The minimum atomic E-state index is -1.80. The highest BCUT2D eigenvalue weighted by molar-refractivity contribution is 5.99. The van der Waals surface area contributed by atoms with Crippen molar-refractivity contribution in [2.24, 2.45) is 10.8 Å². The van der Waals surface area contributed by atoms with Gasteiger partial charge in [0.2, 0.25) is 47.5 Å². The number of nitrogens with one attached hydrogen (secondary N) is 6. The molecule has 0 aliphatic carbocycles. The third-order valence-corrected chi connectivity index (χ3v) is 21.7. The van der Waals surface area contributed by atoms with E-state index in [1.54, 1.807) is 151 Å². The van der Waals surface area contributed by atoms with E-state index in [1.165, 1.54) is 48.6 Å². The molecule has 8 bridgehead atoms. The number of hydrogen-bond acceptors (Lipinski definition) is 21. The zero-order valence-electron chi connectivity index (χ0n) is 74.1. The van der Waals surface area contributed by atoms with Gasteiger partial charge in [0.1, 0.15) is 102 Å². The lowest BCUT2D eigenvalue weighted by atomic mass is 9.85. The number of benzene rings is 6. The fourth-order valence-corrected chi connectivity index (χ4v) is 14.6. The first kappa shape index (κ1) is 94.2. The Balaban J connectivity index is 1.03. The largest absolute Gasteiger partial charge is 0.487 e. The van der Waals surface area contributed by atoms with E-state index >= 15 is 28.8 Å². The number of rotatable bonds is 17. The molecule has 34 heteroatoms. The molecule has 1 saturated heterocycles. The Morgan fingerprint density at radius 3 is 1.43 bits per heavy atom. The highest BCUT2D eigenvalue weighted by Crippen LogP contribution is 2.35. The first-order valence-corrected chi connectivity index (χ1v) is 41.7. The van der Waals surface area contributed by atoms with Crippen LogP contribution in [-0.2, 0) is 101 Å². The second-order valence-corrected chi connectivity index (χ2v) is 35.9. The Morgan fingerprint density at radius 2 is 0.984 bits per heavy atom. The predicted molar refractivity (Wildman–Crippen MR) is 462 cm³/mol. The van der Waals surface area contributed by atoms with Crippen molar-refractivity contribution < 1.29 is 86.3 Å². The van der Waals surface area contributed by atoms with E-state index in [1.807, 2.05) is 78.9 Å². The maximum absolute atomic E-state index is 15.9. The number of likely N-dealkylation sites (N-methyl/N-ethyl adjacent to an activating group) is 2. The summed E-state index contributed by atoms with van der Waals surface area (Å²) in [6.07, 6.45) is -0.936. The first-order chi connectivity index (χ1) is 58.9. The summed E-state index contributed by atoms with van der Waals surface area (Å²) in [5.74, 6) is -8.11. The fraction of sp³-hybridized carbons (Fsp3) is 0.473. The maximum atomic E-state index is 15.9. The van der Waals surface area contributed by atoms with E-state index in [4.69, 9.17) is 23.7 Å². The van der Waals surface area contributed by atoms with Gasteiger partial charge in [0, 0.05) is 52.9 Å². The number of hydrogen-bond donors (Lipinski definition) is 7. The van der Waals surface area contributed by atoms with Crippen LogP contribution in [0.5, 0.6) is 11.5 Å². The van der Waals surface area contributed by atoms with Crippen LogP contribution in [0.2, 0.25) is 0 Å². The lowest BCUT2D eigenvalue weighted by Gasteiger charge is -2.39. The summed E-state index contributed by atoms with van der Waals surface area (Å²) in [5.41, 5.74) is -1.45. The number of carbonyl (C=O) groups is 12. The van der Waals surface area contributed by atoms with Gasteiger partial charge in [0.05, 0.1) is 25.5 Å². The Hall–Kier alpha value is -13.0. The molecule has 6 aromatic carbocycles. The van der Waals surface area contributed by atoms with Crippen LogP contribution in [0.4, 0.5) is 9.59 Å². The van der Waals surface area contributed by atoms with Gasteiger partial charge >= 0.3 is 24.1 Å². The van der Waals surface area contributed by atoms with Crippen LogP contribution < -0.4 is 41.4 Å². The van der Waals surface area contributed by atoms with Crippen molar-refractivity contribution in [3.63, 3.8) is 0 Å². The van der Waals surface area contributed by atoms with Crippen LogP contribution in [0.3, 0.4) is 0 Å². The molecule has 8 aromatic rings. The van der Waals surface area contributed by atoms with Crippen molar-refractivity contribution >= 4 is 92.9 Å². The van der Waals surface area contributed by atoms with Gasteiger partial charge in [-0.25, -0.2) is 28.5 Å². The monoisotopic (exact) mass is 1720 g/mol. The molecule has 0 saturated carbocycles. The van der Waals surface area contributed by atoms with E-state index in [2.05, 4.69) is 52.5 Å². The summed E-state index contributed by atoms with van der Waals surface area (Å²) < 4.78 is 31.5. The lowest BCUT2D eigenvalue weighted by molar-refractivity contribution is -0.150. The molecule has 125 heavy (non-hydrogen) atoms. The number of fused-ring (bicyclic) bond motifs is 2. The Bertz CT molecular complexity index is 5240. The molecule has 10 amide bonds. The van der Waals surface area contributed by atoms with Crippen molar-refractivity contribution in [1.29, 1.82) is 0 Å². The van der Waals surface area contributed by atoms with Crippen LogP contribution in [-0.4, -0.2) is 226 Å². The van der Waals surface area contributed by atoms with Gasteiger partial charge in [0.15, 0.2) is 0 Å². The van der Waals surface area contributed by atoms with Gasteiger partial charge in [-0.1, -0.05) is 168 Å². The molecule has 0 spiro atoms. The zero-order chi connectivity index (χ0) is 91.3. The van der Waals surface area contributed by atoms with Gasteiger partial charge in [0.25, 0.3) is 5.91 Å². The molecular weight excluding hydrogens is 1610 g/mol. The first-order valence-electron chi connectivity index (χ1n) is 41.7. The van der Waals surface area contributed by atoms with Crippen molar-refractivity contribution in [1.82, 2.24) is 81.5 Å². The zero-order valence-corrected chi connectivity index (χ0v) is 74.1. The molecule has 7 N–H and O–H groups in total. The van der Waals surface area contributed by atoms with E-state index in [0.717, 1.165) is 43.1 Å². The highest BCUT2D eigenvalue weighted by atomic mass is 16.6. The molecule has 1 unspecified atom stereocenters. The number of likely N-dealkylation sites (tertiary alicyclic amines) is 1. The number of aliphatic carboxylic acids is 1. The van der Waals surface area contributed by atoms with Crippen LogP contribution >= 0.6 is 0 Å². The molecule has 1 fully saturated rings. The number of esters is 1. The summed E-state index contributed by atoms with van der Waals surface area (Å²) >= 11 is 0. The van der Waals surface area contributed by atoms with Gasteiger partial charge in [-0.05, 0) is 147 Å². The number of ether oxygens (including phenoxy) is 5. The van der Waals surface area contributed by atoms with Crippen molar-refractivity contribution in [3.8, 4) is 11.5 Å². The molecule has 668 valence electrons. The third-order valence-electron chi connectivity index (χ3n) is 21.7. The fourth-order valence-electron chi connectivity index (χ4n) is 14.6. The minimum absolute atomic E-state index is 0.0763. The Labute approximate surface area is 726 Å². The van der Waals surface area contributed by atoms with E-state index in [9.17, 15) is 33.9 Å². The summed E-state index contributed by atoms with van der Waals surface area (Å²) in [7, 11) is 3.95. The Kier molecular flexibility index (Phi) is 30.2. The van der Waals surface area contributed by atoms with Crippen molar-refractivity contribution in [3.05, 3.63) is 179 Å². The molecule has 5 aliphatic heterocycles. The molecule has 2 aromatic heterocycles. The number of aromatic nitrogens is 6. The summed E-state index contributed by atoms with van der Waals surface area (Å²) in [6.45, 7) is 24.4. The van der Waals surface area contributed by atoms with Gasteiger partial charge < -0.3 is 70.5 Å². The average molecular weight is 1720 g/mol. The van der Waals surface area contributed by atoms with Gasteiger partial charge in [-0.3, -0.25) is 48.2 Å². The minimum Gasteiger partial charge on any atom is -0.487 e. The number of amides is 10. The highest BCUT2D eigenvalue weighted by Gasteiger charge is 2.50. The van der Waals surface area contributed by atoms with Gasteiger partial charge in [-0.2, -0.15) is 0 Å². The van der Waals surface area contributed by atoms with Crippen LogP contribution in [0.25, 0.3) is 21.5 Å². The molecular formula is C91H116N16O18.